The average Bonchev–Trinajstić information content (AvgIpc) is 2.05. The van der Waals surface area contributed by atoms with Crippen LogP contribution in [0.15, 0.2) is 0 Å². The lowest BCUT2D eigenvalue weighted by atomic mass is 9.67. The van der Waals surface area contributed by atoms with Crippen LogP contribution in [0.1, 0.15) is 39.5 Å². The number of fused-ring (bicyclic) bond motifs is 3. The van der Waals surface area contributed by atoms with E-state index < -0.39 is 0 Å². The molecule has 0 unspecified atom stereocenters. The molecule has 12 heavy (non-hydrogen) atoms. The minimum atomic E-state index is 0.159. The maximum absolute atomic E-state index is 11.5. The molecular formula is C10H17NO. The maximum atomic E-state index is 11.5. The van der Waals surface area contributed by atoms with E-state index in [0.717, 1.165) is 12.8 Å². The van der Waals surface area contributed by atoms with Crippen molar-refractivity contribution in [1.82, 2.24) is 5.32 Å². The van der Waals surface area contributed by atoms with Gasteiger partial charge in [0.25, 0.3) is 0 Å². The Balaban J connectivity index is 2.21. The van der Waals surface area contributed by atoms with E-state index >= 15 is 0 Å². The summed E-state index contributed by atoms with van der Waals surface area (Å²) in [5.74, 6) is 1.23. The van der Waals surface area contributed by atoms with E-state index in [1.165, 1.54) is 12.8 Å². The van der Waals surface area contributed by atoms with E-state index in [1.54, 1.807) is 0 Å². The van der Waals surface area contributed by atoms with Crippen LogP contribution in [0.2, 0.25) is 0 Å². The monoisotopic (exact) mass is 167 g/mol. The van der Waals surface area contributed by atoms with Crippen LogP contribution in [-0.2, 0) is 4.79 Å². The minimum absolute atomic E-state index is 0.159. The summed E-state index contributed by atoms with van der Waals surface area (Å²) in [6, 6.07) is 0. The Morgan fingerprint density at radius 1 is 1.42 bits per heavy atom. The second-order valence-electron chi connectivity index (χ2n) is 4.57. The number of piperidine rings is 2. The standard InChI is InChI=1S/C10H17NO/c1-7(2)10-5-3-8(4-6-10)9(12)11-10/h7-8H,3-6H2,1-2H3,(H,11,12). The first-order chi connectivity index (χ1) is 5.64. The van der Waals surface area contributed by atoms with Gasteiger partial charge in [-0.3, -0.25) is 4.79 Å². The Morgan fingerprint density at radius 2 is 2.00 bits per heavy atom. The lowest BCUT2D eigenvalue weighted by Gasteiger charge is -2.49. The Kier molecular flexibility index (Phi) is 1.67. The van der Waals surface area contributed by atoms with Crippen molar-refractivity contribution in [3.05, 3.63) is 0 Å². The van der Waals surface area contributed by atoms with Crippen LogP contribution in [0.25, 0.3) is 0 Å². The molecule has 1 N–H and O–H groups in total. The Hall–Kier alpha value is -0.530. The first-order valence-corrected chi connectivity index (χ1v) is 4.96. The van der Waals surface area contributed by atoms with Gasteiger partial charge in [0, 0.05) is 11.5 Å². The average molecular weight is 167 g/mol. The van der Waals surface area contributed by atoms with Crippen LogP contribution in [-0.4, -0.2) is 11.4 Å². The molecule has 2 heterocycles. The molecule has 0 radical (unpaired) electrons. The molecule has 2 saturated heterocycles. The van der Waals surface area contributed by atoms with E-state index in [9.17, 15) is 4.79 Å². The molecule has 3 rings (SSSR count). The lowest BCUT2D eigenvalue weighted by Crippen LogP contribution is -2.61. The van der Waals surface area contributed by atoms with Crippen molar-refractivity contribution < 1.29 is 4.79 Å². The molecule has 0 aromatic heterocycles. The normalized spacial score (nSPS) is 40.2. The van der Waals surface area contributed by atoms with Gasteiger partial charge >= 0.3 is 0 Å². The van der Waals surface area contributed by atoms with Crippen molar-refractivity contribution in [3.63, 3.8) is 0 Å². The first kappa shape index (κ1) is 8.09. The highest BCUT2D eigenvalue weighted by molar-refractivity contribution is 5.81. The first-order valence-electron chi connectivity index (χ1n) is 4.96. The topological polar surface area (TPSA) is 29.1 Å². The van der Waals surface area contributed by atoms with Crippen LogP contribution in [0.5, 0.6) is 0 Å². The van der Waals surface area contributed by atoms with Crippen LogP contribution in [0.4, 0.5) is 0 Å². The van der Waals surface area contributed by atoms with Gasteiger partial charge in [0.1, 0.15) is 0 Å². The highest BCUT2D eigenvalue weighted by Gasteiger charge is 2.46. The summed E-state index contributed by atoms with van der Waals surface area (Å²) in [7, 11) is 0. The molecule has 1 saturated carbocycles. The third kappa shape index (κ3) is 0.970. The third-order valence-corrected chi connectivity index (χ3v) is 3.73. The summed E-state index contributed by atoms with van der Waals surface area (Å²) < 4.78 is 0. The van der Waals surface area contributed by atoms with Crippen LogP contribution >= 0.6 is 0 Å². The van der Waals surface area contributed by atoms with Gasteiger partial charge in [-0.05, 0) is 31.6 Å². The number of amides is 1. The predicted octanol–water partition coefficient (Wildman–Crippen LogP) is 1.70. The Labute approximate surface area is 73.7 Å². The van der Waals surface area contributed by atoms with Crippen molar-refractivity contribution in [3.8, 4) is 0 Å². The third-order valence-electron chi connectivity index (χ3n) is 3.73. The molecule has 2 nitrogen and oxygen atoms in total. The molecule has 0 spiro atoms. The summed E-state index contributed by atoms with van der Waals surface area (Å²) in [6.45, 7) is 4.43. The molecule has 68 valence electrons. The van der Waals surface area contributed by atoms with Gasteiger partial charge in [-0.2, -0.15) is 0 Å². The van der Waals surface area contributed by atoms with Crippen molar-refractivity contribution in [2.75, 3.05) is 0 Å². The zero-order chi connectivity index (χ0) is 8.77. The van der Waals surface area contributed by atoms with Gasteiger partial charge in [-0.1, -0.05) is 13.8 Å². The number of hydrogen-bond acceptors (Lipinski definition) is 1. The minimum Gasteiger partial charge on any atom is -0.350 e. The fourth-order valence-corrected chi connectivity index (χ4v) is 2.59. The van der Waals surface area contributed by atoms with E-state index in [4.69, 9.17) is 0 Å². The summed E-state index contributed by atoms with van der Waals surface area (Å²) in [5, 5.41) is 3.19. The zero-order valence-corrected chi connectivity index (χ0v) is 7.89. The van der Waals surface area contributed by atoms with Crippen molar-refractivity contribution in [2.45, 2.75) is 45.1 Å². The molecule has 3 fully saturated rings. The molecule has 2 aliphatic heterocycles. The van der Waals surface area contributed by atoms with Crippen LogP contribution < -0.4 is 5.32 Å². The van der Waals surface area contributed by atoms with Crippen molar-refractivity contribution >= 4 is 5.91 Å². The summed E-state index contributed by atoms with van der Waals surface area (Å²) in [5.41, 5.74) is 0.159. The number of rotatable bonds is 1. The molecule has 2 bridgehead atoms. The molecule has 0 atom stereocenters. The quantitative estimate of drug-likeness (QED) is 0.632. The van der Waals surface area contributed by atoms with Crippen LogP contribution in [0, 0.1) is 11.8 Å². The van der Waals surface area contributed by atoms with Gasteiger partial charge in [-0.15, -0.1) is 0 Å². The van der Waals surface area contributed by atoms with Gasteiger partial charge in [-0.25, -0.2) is 0 Å². The van der Waals surface area contributed by atoms with E-state index in [-0.39, 0.29) is 5.54 Å². The smallest absolute Gasteiger partial charge is 0.223 e. The number of nitrogens with one attached hydrogen (secondary N) is 1. The maximum Gasteiger partial charge on any atom is 0.223 e. The SMILES string of the molecule is CC(C)C12CCC(CC1)C(=O)N2. The highest BCUT2D eigenvalue weighted by Crippen LogP contribution is 2.41. The van der Waals surface area contributed by atoms with E-state index in [0.29, 0.717) is 17.7 Å². The summed E-state index contributed by atoms with van der Waals surface area (Å²) in [6.07, 6.45) is 4.62. The zero-order valence-electron chi connectivity index (χ0n) is 7.89. The Bertz CT molecular complexity index is 202. The van der Waals surface area contributed by atoms with Gasteiger partial charge in [0.15, 0.2) is 0 Å². The number of hydrogen-bond donors (Lipinski definition) is 1. The molecule has 3 aliphatic rings. The fraction of sp³-hybridized carbons (Fsp3) is 0.900. The summed E-state index contributed by atoms with van der Waals surface area (Å²) >= 11 is 0. The highest BCUT2D eigenvalue weighted by atomic mass is 16.2. The molecule has 0 aromatic rings. The second kappa shape index (κ2) is 2.48. The lowest BCUT2D eigenvalue weighted by molar-refractivity contribution is -0.135. The number of carbonyl (C=O) groups excluding carboxylic acids is 1. The van der Waals surface area contributed by atoms with Crippen molar-refractivity contribution in [1.29, 1.82) is 0 Å². The Morgan fingerprint density at radius 3 is 2.33 bits per heavy atom. The second-order valence-corrected chi connectivity index (χ2v) is 4.57. The van der Waals surface area contributed by atoms with Crippen LogP contribution in [0.3, 0.4) is 0 Å². The molecule has 1 amide bonds. The van der Waals surface area contributed by atoms with Gasteiger partial charge in [0.2, 0.25) is 5.91 Å². The van der Waals surface area contributed by atoms with Gasteiger partial charge < -0.3 is 5.32 Å². The molecule has 1 aliphatic carbocycles. The molecular weight excluding hydrogens is 150 g/mol. The largest absolute Gasteiger partial charge is 0.350 e. The predicted molar refractivity (Wildman–Crippen MR) is 47.7 cm³/mol. The fourth-order valence-electron chi connectivity index (χ4n) is 2.59. The van der Waals surface area contributed by atoms with E-state index in [1.807, 2.05) is 0 Å². The van der Waals surface area contributed by atoms with Gasteiger partial charge in [0.05, 0.1) is 0 Å². The molecule has 2 heteroatoms. The summed E-state index contributed by atoms with van der Waals surface area (Å²) in [4.78, 5) is 11.5. The van der Waals surface area contributed by atoms with E-state index in [2.05, 4.69) is 19.2 Å². The van der Waals surface area contributed by atoms with Crippen molar-refractivity contribution in [2.24, 2.45) is 11.8 Å². The molecule has 0 aromatic carbocycles. The number of carbonyl (C=O) groups is 1.